The molecule has 5 atom stereocenters. The Labute approximate surface area is 172 Å². The van der Waals surface area contributed by atoms with Crippen LogP contribution in [-0.4, -0.2) is 51.3 Å². The highest BCUT2D eigenvalue weighted by Crippen LogP contribution is 2.36. The van der Waals surface area contributed by atoms with Crippen LogP contribution in [-0.2, 0) is 14.3 Å². The van der Waals surface area contributed by atoms with Gasteiger partial charge in [-0.3, -0.25) is 9.59 Å². The van der Waals surface area contributed by atoms with Crippen LogP contribution in [0.4, 0.5) is 0 Å². The number of aliphatic hydroxyl groups excluding tert-OH is 1. The number of carbonyl (C=O) groups is 2. The molecule has 0 aromatic heterocycles. The second-order valence-electron chi connectivity index (χ2n) is 7.67. The van der Waals surface area contributed by atoms with Gasteiger partial charge in [0.2, 0.25) is 5.91 Å². The van der Waals surface area contributed by atoms with Crippen molar-refractivity contribution in [2.75, 3.05) is 0 Å². The molecule has 0 radical (unpaired) electrons. The number of ketones is 1. The van der Waals surface area contributed by atoms with E-state index in [-0.39, 0.29) is 12.3 Å². The van der Waals surface area contributed by atoms with Crippen molar-refractivity contribution in [2.45, 2.75) is 94.1 Å². The number of nitrogens with one attached hydrogen (secondary N) is 1. The molecule has 6 nitrogen and oxygen atoms in total. The van der Waals surface area contributed by atoms with Crippen LogP contribution in [0.25, 0.3) is 0 Å². The summed E-state index contributed by atoms with van der Waals surface area (Å²) in [4.78, 5) is 24.2. The zero-order chi connectivity index (χ0) is 20.6. The number of ether oxygens (including phenoxy) is 1. The number of alkyl halides is 1. The Hall–Kier alpha value is -1.21. The summed E-state index contributed by atoms with van der Waals surface area (Å²) in [6.45, 7) is 2.20. The zero-order valence-corrected chi connectivity index (χ0v) is 17.2. The first-order valence-electron chi connectivity index (χ1n) is 10.3. The van der Waals surface area contributed by atoms with Crippen LogP contribution in [0, 0.1) is 0 Å². The number of hydrogen-bond donors (Lipinski definition) is 3. The summed E-state index contributed by atoms with van der Waals surface area (Å²) in [6, 6.07) is -0.892. The maximum absolute atomic E-state index is 12.1. The molecule has 1 amide bonds. The molecule has 1 heterocycles. The molecule has 1 fully saturated rings. The highest BCUT2D eigenvalue weighted by Gasteiger charge is 2.55. The normalized spacial score (nSPS) is 32.5. The van der Waals surface area contributed by atoms with Crippen molar-refractivity contribution in [2.24, 2.45) is 0 Å². The summed E-state index contributed by atoms with van der Waals surface area (Å²) in [5, 5.41) is 22.7. The lowest BCUT2D eigenvalue weighted by atomic mass is 9.78. The Bertz CT molecular complexity index is 593. The van der Waals surface area contributed by atoms with E-state index in [2.05, 4.69) is 12.2 Å². The van der Waals surface area contributed by atoms with Crippen molar-refractivity contribution >= 4 is 23.3 Å². The second-order valence-corrected chi connectivity index (χ2v) is 8.17. The molecule has 3 N–H and O–H groups in total. The number of fused-ring (bicyclic) bond motifs is 1. The van der Waals surface area contributed by atoms with Gasteiger partial charge in [0.1, 0.15) is 6.10 Å². The molecule has 2 rings (SSSR count). The largest absolute Gasteiger partial charge is 0.379 e. The molecule has 0 unspecified atom stereocenters. The summed E-state index contributed by atoms with van der Waals surface area (Å²) in [6.07, 6.45) is 12.6. The molecular weight excluding hydrogens is 382 g/mol. The van der Waals surface area contributed by atoms with Gasteiger partial charge >= 0.3 is 0 Å². The smallest absolute Gasteiger partial charge is 0.244 e. The van der Waals surface area contributed by atoms with Crippen LogP contribution in [0.1, 0.15) is 64.7 Å². The minimum absolute atomic E-state index is 0.150. The van der Waals surface area contributed by atoms with Crippen LogP contribution >= 0.6 is 11.6 Å². The van der Waals surface area contributed by atoms with Gasteiger partial charge in [-0.15, -0.1) is 11.6 Å². The first-order chi connectivity index (χ1) is 13.4. The Kier molecular flexibility index (Phi) is 9.15. The fraction of sp³-hybridized carbons (Fsp3) is 0.714. The number of carbonyl (C=O) groups excluding carboxylic acids is 2. The SMILES string of the molecule is CCCCCCCCCC=CC(=O)N[C@H]1C[C@@]2(O)C(=O)C=C[C@@H](Cl)[C@@H]2O[C@H]1O. The van der Waals surface area contributed by atoms with E-state index in [1.54, 1.807) is 6.08 Å². The predicted molar refractivity (Wildman–Crippen MR) is 108 cm³/mol. The minimum atomic E-state index is -1.85. The summed E-state index contributed by atoms with van der Waals surface area (Å²) >= 11 is 6.08. The van der Waals surface area contributed by atoms with E-state index in [9.17, 15) is 19.8 Å². The Balaban J connectivity index is 1.74. The summed E-state index contributed by atoms with van der Waals surface area (Å²) in [7, 11) is 0. The molecule has 1 aliphatic carbocycles. The standard InChI is InChI=1S/C21H32ClNO5/c1-2-3-4-5-6-7-8-9-10-11-18(25)23-16-14-21(27)17(24)13-12-15(22)19(21)28-20(16)26/h10-13,15-16,19-20,26-27H,2-9,14H2,1H3,(H,23,25)/t15-,16+,19+,20-,21-/m1/s1. The number of amides is 1. The molecule has 0 spiro atoms. The van der Waals surface area contributed by atoms with Crippen LogP contribution in [0.15, 0.2) is 24.3 Å². The van der Waals surface area contributed by atoms with Gasteiger partial charge < -0.3 is 20.3 Å². The molecule has 0 aromatic rings. The highest BCUT2D eigenvalue weighted by atomic mass is 35.5. The molecular formula is C21H32ClNO5. The molecule has 0 aromatic carbocycles. The van der Waals surface area contributed by atoms with Gasteiger partial charge in [0.15, 0.2) is 17.7 Å². The molecule has 7 heteroatoms. The molecule has 1 saturated heterocycles. The number of aliphatic hydroxyl groups is 2. The van der Waals surface area contributed by atoms with Crippen molar-refractivity contribution in [3.63, 3.8) is 0 Å². The monoisotopic (exact) mass is 413 g/mol. The topological polar surface area (TPSA) is 95.9 Å². The maximum atomic E-state index is 12.1. The average molecular weight is 414 g/mol. The number of rotatable bonds is 10. The number of hydrogen-bond acceptors (Lipinski definition) is 5. The molecule has 2 aliphatic rings. The minimum Gasteiger partial charge on any atom is -0.379 e. The molecule has 1 aliphatic heterocycles. The van der Waals surface area contributed by atoms with Crippen molar-refractivity contribution < 1.29 is 24.5 Å². The predicted octanol–water partition coefficient (Wildman–Crippen LogP) is 2.75. The summed E-state index contributed by atoms with van der Waals surface area (Å²) in [5.74, 6) is -0.922. The van der Waals surface area contributed by atoms with E-state index in [0.717, 1.165) is 19.3 Å². The molecule has 0 bridgehead atoms. The zero-order valence-electron chi connectivity index (χ0n) is 16.5. The van der Waals surface area contributed by atoms with Crippen LogP contribution in [0.5, 0.6) is 0 Å². The number of allylic oxidation sites excluding steroid dienone is 1. The third-order valence-corrected chi connectivity index (χ3v) is 5.72. The fourth-order valence-electron chi connectivity index (χ4n) is 3.68. The van der Waals surface area contributed by atoms with E-state index in [1.165, 1.54) is 50.3 Å². The quantitative estimate of drug-likeness (QED) is 0.291. The van der Waals surface area contributed by atoms with E-state index >= 15 is 0 Å². The van der Waals surface area contributed by atoms with Gasteiger partial charge in [-0.1, -0.05) is 57.6 Å². The number of halogens is 1. The van der Waals surface area contributed by atoms with Gasteiger partial charge in [0.05, 0.1) is 11.4 Å². The van der Waals surface area contributed by atoms with Crippen molar-refractivity contribution in [1.82, 2.24) is 5.32 Å². The first kappa shape index (κ1) is 23.1. The number of unbranched alkanes of at least 4 members (excludes halogenated alkanes) is 7. The Morgan fingerprint density at radius 3 is 2.71 bits per heavy atom. The Morgan fingerprint density at radius 1 is 1.32 bits per heavy atom. The van der Waals surface area contributed by atoms with E-state index in [4.69, 9.17) is 16.3 Å². The maximum Gasteiger partial charge on any atom is 0.244 e. The lowest BCUT2D eigenvalue weighted by molar-refractivity contribution is -0.239. The average Bonchev–Trinajstić information content (AvgIpc) is 2.66. The third-order valence-electron chi connectivity index (χ3n) is 5.35. The second kappa shape index (κ2) is 11.1. The van der Waals surface area contributed by atoms with Crippen molar-refractivity contribution in [3.05, 3.63) is 24.3 Å². The van der Waals surface area contributed by atoms with Gasteiger partial charge in [-0.05, 0) is 25.0 Å². The van der Waals surface area contributed by atoms with Gasteiger partial charge in [0, 0.05) is 6.42 Å². The van der Waals surface area contributed by atoms with E-state index < -0.39 is 35.2 Å². The van der Waals surface area contributed by atoms with Crippen LogP contribution in [0.2, 0.25) is 0 Å². The van der Waals surface area contributed by atoms with Crippen molar-refractivity contribution in [3.8, 4) is 0 Å². The van der Waals surface area contributed by atoms with Gasteiger partial charge in [-0.25, -0.2) is 0 Å². The fourth-order valence-corrected chi connectivity index (χ4v) is 4.02. The van der Waals surface area contributed by atoms with Crippen molar-refractivity contribution in [1.29, 1.82) is 0 Å². The summed E-state index contributed by atoms with van der Waals surface area (Å²) in [5.41, 5.74) is -1.85. The highest BCUT2D eigenvalue weighted by molar-refractivity contribution is 6.23. The van der Waals surface area contributed by atoms with E-state index in [0.29, 0.717) is 0 Å². The lowest BCUT2D eigenvalue weighted by Crippen LogP contribution is -2.66. The van der Waals surface area contributed by atoms with Gasteiger partial charge in [0.25, 0.3) is 0 Å². The molecule has 158 valence electrons. The van der Waals surface area contributed by atoms with E-state index in [1.807, 2.05) is 0 Å². The molecule has 28 heavy (non-hydrogen) atoms. The first-order valence-corrected chi connectivity index (χ1v) is 10.7. The van der Waals surface area contributed by atoms with Crippen LogP contribution in [0.3, 0.4) is 0 Å². The van der Waals surface area contributed by atoms with Gasteiger partial charge in [-0.2, -0.15) is 0 Å². The Morgan fingerprint density at radius 2 is 2.00 bits per heavy atom. The summed E-state index contributed by atoms with van der Waals surface area (Å²) < 4.78 is 5.35. The lowest BCUT2D eigenvalue weighted by Gasteiger charge is -2.46. The molecule has 0 saturated carbocycles. The van der Waals surface area contributed by atoms with Crippen LogP contribution < -0.4 is 5.32 Å². The third kappa shape index (κ3) is 6.14.